The van der Waals surface area contributed by atoms with E-state index in [-0.39, 0.29) is 5.91 Å². The van der Waals surface area contributed by atoms with Crippen LogP contribution in [0.5, 0.6) is 0 Å². The Balaban J connectivity index is 1.16. The summed E-state index contributed by atoms with van der Waals surface area (Å²) < 4.78 is 0. The number of rotatable bonds is 6. The van der Waals surface area contributed by atoms with Crippen LogP contribution in [0, 0.1) is 23.7 Å². The van der Waals surface area contributed by atoms with E-state index >= 15 is 0 Å². The van der Waals surface area contributed by atoms with Gasteiger partial charge in [0.05, 0.1) is 0 Å². The summed E-state index contributed by atoms with van der Waals surface area (Å²) in [5.41, 5.74) is 0. The molecule has 4 aliphatic carbocycles. The summed E-state index contributed by atoms with van der Waals surface area (Å²) in [4.78, 5) is 11.6. The lowest BCUT2D eigenvalue weighted by Gasteiger charge is -2.32. The van der Waals surface area contributed by atoms with Crippen LogP contribution in [0.4, 0.5) is 0 Å². The molecular formula is C17H28N2O. The Morgan fingerprint density at radius 3 is 2.70 bits per heavy atom. The summed E-state index contributed by atoms with van der Waals surface area (Å²) in [6.45, 7) is 1.03. The molecule has 5 unspecified atom stereocenters. The Morgan fingerprint density at radius 1 is 1.00 bits per heavy atom. The van der Waals surface area contributed by atoms with Crippen LogP contribution >= 0.6 is 0 Å². The number of fused-ring (bicyclic) bond motifs is 5. The molecule has 0 heterocycles. The van der Waals surface area contributed by atoms with Gasteiger partial charge in [0.15, 0.2) is 0 Å². The van der Waals surface area contributed by atoms with Gasteiger partial charge in [-0.2, -0.15) is 0 Å². The molecule has 3 heteroatoms. The van der Waals surface area contributed by atoms with Crippen molar-refractivity contribution in [3.05, 3.63) is 0 Å². The van der Waals surface area contributed by atoms with Crippen molar-refractivity contribution in [2.75, 3.05) is 6.54 Å². The molecule has 4 rings (SSSR count). The third kappa shape index (κ3) is 2.49. The summed E-state index contributed by atoms with van der Waals surface area (Å²) in [6, 6.07) is 1.28. The molecule has 0 aromatic heterocycles. The number of amides is 1. The fraction of sp³-hybridized carbons (Fsp3) is 0.941. The zero-order valence-corrected chi connectivity index (χ0v) is 12.4. The van der Waals surface area contributed by atoms with Crippen LogP contribution in [0.25, 0.3) is 0 Å². The minimum Gasteiger partial charge on any atom is -0.353 e. The zero-order chi connectivity index (χ0) is 13.5. The van der Waals surface area contributed by atoms with E-state index < -0.39 is 0 Å². The monoisotopic (exact) mass is 276 g/mol. The summed E-state index contributed by atoms with van der Waals surface area (Å²) in [5.74, 6) is 4.39. The quantitative estimate of drug-likeness (QED) is 0.732. The van der Waals surface area contributed by atoms with E-state index in [9.17, 15) is 4.79 Å². The average Bonchev–Trinajstić information content (AvgIpc) is 2.90. The largest absolute Gasteiger partial charge is 0.353 e. The summed E-state index contributed by atoms with van der Waals surface area (Å²) >= 11 is 0. The van der Waals surface area contributed by atoms with Crippen molar-refractivity contribution in [1.82, 2.24) is 10.6 Å². The number of hydrogen-bond acceptors (Lipinski definition) is 2. The third-order valence-electron chi connectivity index (χ3n) is 6.36. The fourth-order valence-corrected chi connectivity index (χ4v) is 5.37. The van der Waals surface area contributed by atoms with Gasteiger partial charge in [-0.25, -0.2) is 0 Å². The van der Waals surface area contributed by atoms with Crippen LogP contribution in [-0.2, 0) is 4.79 Å². The number of carbonyl (C=O) groups is 1. The molecule has 20 heavy (non-hydrogen) atoms. The lowest BCUT2D eigenvalue weighted by atomic mass is 9.79. The predicted octanol–water partition coefficient (Wildman–Crippen LogP) is 2.46. The van der Waals surface area contributed by atoms with Crippen molar-refractivity contribution in [2.45, 2.75) is 69.9 Å². The maximum Gasteiger partial charge on any atom is 0.220 e. The van der Waals surface area contributed by atoms with Gasteiger partial charge >= 0.3 is 0 Å². The molecule has 0 spiro atoms. The van der Waals surface area contributed by atoms with Crippen LogP contribution in [0.15, 0.2) is 0 Å². The Kier molecular flexibility index (Phi) is 3.49. The van der Waals surface area contributed by atoms with Gasteiger partial charge in [-0.3, -0.25) is 4.79 Å². The van der Waals surface area contributed by atoms with Crippen molar-refractivity contribution in [1.29, 1.82) is 0 Å². The molecule has 4 aliphatic rings. The lowest BCUT2D eigenvalue weighted by molar-refractivity contribution is -0.121. The second kappa shape index (κ2) is 5.32. The summed E-state index contributed by atoms with van der Waals surface area (Å²) in [7, 11) is 0. The maximum atomic E-state index is 11.6. The van der Waals surface area contributed by atoms with E-state index in [1.54, 1.807) is 0 Å². The minimum absolute atomic E-state index is 0.262. The molecule has 4 saturated carbocycles. The van der Waals surface area contributed by atoms with E-state index in [1.165, 1.54) is 44.9 Å². The van der Waals surface area contributed by atoms with Gasteiger partial charge < -0.3 is 10.6 Å². The summed E-state index contributed by atoms with van der Waals surface area (Å²) in [5, 5.41) is 6.84. The predicted molar refractivity (Wildman–Crippen MR) is 79.2 cm³/mol. The standard InChI is InChI=1S/C17H28N2O/c20-17(19-12-6-7-12)5-2-8-18-16-10-11-9-15(16)14-4-1-3-13(11)14/h11-16,18H,1-10H2,(H,19,20). The van der Waals surface area contributed by atoms with Gasteiger partial charge in [-0.05, 0) is 75.2 Å². The van der Waals surface area contributed by atoms with E-state index in [4.69, 9.17) is 0 Å². The number of nitrogens with one attached hydrogen (secondary N) is 2. The van der Waals surface area contributed by atoms with Gasteiger partial charge in [-0.1, -0.05) is 6.42 Å². The van der Waals surface area contributed by atoms with Crippen LogP contribution < -0.4 is 10.6 Å². The molecule has 0 aliphatic heterocycles. The molecule has 2 bridgehead atoms. The molecule has 0 aromatic rings. The first-order valence-corrected chi connectivity index (χ1v) is 8.84. The van der Waals surface area contributed by atoms with Crippen LogP contribution in [0.2, 0.25) is 0 Å². The molecule has 0 aromatic carbocycles. The molecule has 112 valence electrons. The number of carbonyl (C=O) groups excluding carboxylic acids is 1. The van der Waals surface area contributed by atoms with Crippen molar-refractivity contribution in [3.8, 4) is 0 Å². The van der Waals surface area contributed by atoms with Crippen molar-refractivity contribution in [2.24, 2.45) is 23.7 Å². The maximum absolute atomic E-state index is 11.6. The molecule has 2 N–H and O–H groups in total. The van der Waals surface area contributed by atoms with E-state index in [0.29, 0.717) is 12.5 Å². The fourth-order valence-electron chi connectivity index (χ4n) is 5.37. The van der Waals surface area contributed by atoms with Gasteiger partial charge in [0.2, 0.25) is 5.91 Å². The highest BCUT2D eigenvalue weighted by Crippen LogP contribution is 2.58. The van der Waals surface area contributed by atoms with Crippen molar-refractivity contribution in [3.63, 3.8) is 0 Å². The smallest absolute Gasteiger partial charge is 0.220 e. The first kappa shape index (κ1) is 13.1. The highest BCUT2D eigenvalue weighted by Gasteiger charge is 2.53. The van der Waals surface area contributed by atoms with E-state index in [0.717, 1.165) is 42.7 Å². The first-order chi connectivity index (χ1) is 9.81. The minimum atomic E-state index is 0.262. The van der Waals surface area contributed by atoms with E-state index in [2.05, 4.69) is 10.6 Å². The van der Waals surface area contributed by atoms with E-state index in [1.807, 2.05) is 0 Å². The lowest BCUT2D eigenvalue weighted by Crippen LogP contribution is -2.40. The zero-order valence-electron chi connectivity index (χ0n) is 12.4. The normalized spacial score (nSPS) is 41.9. The van der Waals surface area contributed by atoms with Crippen molar-refractivity contribution < 1.29 is 4.79 Å². The van der Waals surface area contributed by atoms with Gasteiger partial charge in [0.1, 0.15) is 0 Å². The van der Waals surface area contributed by atoms with Crippen LogP contribution in [0.3, 0.4) is 0 Å². The second-order valence-electron chi connectivity index (χ2n) is 7.66. The Hall–Kier alpha value is -0.570. The number of hydrogen-bond donors (Lipinski definition) is 2. The Bertz CT molecular complexity index is 379. The first-order valence-electron chi connectivity index (χ1n) is 8.84. The van der Waals surface area contributed by atoms with Crippen molar-refractivity contribution >= 4 is 5.91 Å². The Labute approximate surface area is 122 Å². The third-order valence-corrected chi connectivity index (χ3v) is 6.36. The van der Waals surface area contributed by atoms with Gasteiger partial charge in [0, 0.05) is 18.5 Å². The molecule has 1 amide bonds. The average molecular weight is 276 g/mol. The molecule has 3 nitrogen and oxygen atoms in total. The highest BCUT2D eigenvalue weighted by molar-refractivity contribution is 5.76. The molecule has 0 radical (unpaired) electrons. The SMILES string of the molecule is O=C(CCCNC1CC2CC1C1CCCC21)NC1CC1. The van der Waals surface area contributed by atoms with Crippen LogP contribution in [-0.4, -0.2) is 24.5 Å². The second-order valence-corrected chi connectivity index (χ2v) is 7.66. The Morgan fingerprint density at radius 2 is 1.85 bits per heavy atom. The highest BCUT2D eigenvalue weighted by atomic mass is 16.1. The molecule has 0 saturated heterocycles. The molecular weight excluding hydrogens is 248 g/mol. The summed E-state index contributed by atoms with van der Waals surface area (Å²) in [6.07, 6.45) is 11.5. The van der Waals surface area contributed by atoms with Crippen LogP contribution in [0.1, 0.15) is 57.8 Å². The van der Waals surface area contributed by atoms with Gasteiger partial charge in [0.25, 0.3) is 0 Å². The molecule has 5 atom stereocenters. The molecule has 4 fully saturated rings. The topological polar surface area (TPSA) is 41.1 Å². The van der Waals surface area contributed by atoms with Gasteiger partial charge in [-0.15, -0.1) is 0 Å².